The van der Waals surface area contributed by atoms with E-state index in [2.05, 4.69) is 5.32 Å². The Hall–Kier alpha value is -3.65. The number of aryl methyl sites for hydroxylation is 2. The average Bonchev–Trinajstić information content (AvgIpc) is 2.86. The van der Waals surface area contributed by atoms with Crippen LogP contribution in [0.2, 0.25) is 0 Å². The molecule has 0 fully saturated rings. The van der Waals surface area contributed by atoms with Gasteiger partial charge in [0.15, 0.2) is 0 Å². The number of carbonyl (C=O) groups excluding carboxylic acids is 2. The molecule has 3 aromatic rings. The van der Waals surface area contributed by atoms with E-state index in [0.29, 0.717) is 5.69 Å². The Labute approximate surface area is 226 Å². The number of sulfonamides is 1. The Balaban J connectivity index is 2.00. The summed E-state index contributed by atoms with van der Waals surface area (Å²) < 4.78 is 28.6. The summed E-state index contributed by atoms with van der Waals surface area (Å²) in [5.74, 6) is -0.799. The molecule has 8 heteroatoms. The molecule has 0 aliphatic heterocycles. The number of nitrogens with one attached hydrogen (secondary N) is 1. The van der Waals surface area contributed by atoms with Gasteiger partial charge in [-0.3, -0.25) is 13.9 Å². The molecular weight excluding hydrogens is 498 g/mol. The molecule has 0 radical (unpaired) electrons. The molecule has 202 valence electrons. The van der Waals surface area contributed by atoms with Gasteiger partial charge in [-0.2, -0.15) is 0 Å². The van der Waals surface area contributed by atoms with Crippen molar-refractivity contribution in [3.05, 3.63) is 95.6 Å². The second-order valence-electron chi connectivity index (χ2n) is 10.6. The largest absolute Gasteiger partial charge is 0.350 e. The van der Waals surface area contributed by atoms with Crippen molar-refractivity contribution < 1.29 is 18.0 Å². The molecule has 3 rings (SSSR count). The quantitative estimate of drug-likeness (QED) is 0.425. The van der Waals surface area contributed by atoms with Crippen LogP contribution in [0.5, 0.6) is 0 Å². The fourth-order valence-corrected chi connectivity index (χ4v) is 5.32. The number of para-hydroxylation sites is 1. The van der Waals surface area contributed by atoms with Crippen LogP contribution in [-0.2, 0) is 26.2 Å². The molecule has 1 N–H and O–H groups in total. The van der Waals surface area contributed by atoms with Crippen LogP contribution in [0.25, 0.3) is 0 Å². The molecule has 0 heterocycles. The van der Waals surface area contributed by atoms with E-state index in [1.165, 1.54) is 17.0 Å². The minimum absolute atomic E-state index is 0.0864. The summed E-state index contributed by atoms with van der Waals surface area (Å²) in [7, 11) is -4.07. The number of rotatable bonds is 9. The fourth-order valence-electron chi connectivity index (χ4n) is 3.91. The van der Waals surface area contributed by atoms with Gasteiger partial charge in [0.1, 0.15) is 12.6 Å². The lowest BCUT2D eigenvalue weighted by Crippen LogP contribution is -2.54. The van der Waals surface area contributed by atoms with Crippen molar-refractivity contribution in [1.82, 2.24) is 10.2 Å². The third-order valence-corrected chi connectivity index (χ3v) is 7.86. The SMILES string of the molecule is Cc1ccc(CN(C(=O)CN(c2ccccc2)S(=O)(=O)c2ccc(C)cc2)C(C)C(=O)NC(C)(C)C)cc1. The summed E-state index contributed by atoms with van der Waals surface area (Å²) in [4.78, 5) is 28.5. The van der Waals surface area contributed by atoms with E-state index in [1.54, 1.807) is 49.4 Å². The van der Waals surface area contributed by atoms with Crippen molar-refractivity contribution in [2.75, 3.05) is 10.8 Å². The van der Waals surface area contributed by atoms with E-state index in [0.717, 1.165) is 21.0 Å². The maximum atomic E-state index is 13.9. The van der Waals surface area contributed by atoms with E-state index in [1.807, 2.05) is 58.9 Å². The normalized spacial score (nSPS) is 12.5. The zero-order valence-corrected chi connectivity index (χ0v) is 23.7. The van der Waals surface area contributed by atoms with Crippen LogP contribution in [0.15, 0.2) is 83.8 Å². The average molecular weight is 536 g/mol. The lowest BCUT2D eigenvalue weighted by atomic mass is 10.1. The second-order valence-corrected chi connectivity index (χ2v) is 12.4. The highest BCUT2D eigenvalue weighted by Gasteiger charge is 2.33. The van der Waals surface area contributed by atoms with Crippen LogP contribution in [0.1, 0.15) is 44.4 Å². The van der Waals surface area contributed by atoms with Crippen LogP contribution >= 0.6 is 0 Å². The summed E-state index contributed by atoms with van der Waals surface area (Å²) in [6.07, 6.45) is 0. The Bertz CT molecular complexity index is 1350. The molecule has 0 bridgehead atoms. The number of benzene rings is 3. The molecule has 0 saturated heterocycles. The van der Waals surface area contributed by atoms with Gasteiger partial charge in [0.25, 0.3) is 10.0 Å². The number of hydrogen-bond donors (Lipinski definition) is 1. The Morgan fingerprint density at radius 2 is 1.37 bits per heavy atom. The van der Waals surface area contributed by atoms with E-state index in [-0.39, 0.29) is 17.3 Å². The van der Waals surface area contributed by atoms with Crippen molar-refractivity contribution in [3.63, 3.8) is 0 Å². The van der Waals surface area contributed by atoms with Crippen LogP contribution in [0.4, 0.5) is 5.69 Å². The van der Waals surface area contributed by atoms with Crippen molar-refractivity contribution in [2.45, 2.75) is 64.6 Å². The maximum Gasteiger partial charge on any atom is 0.264 e. The van der Waals surface area contributed by atoms with Gasteiger partial charge in [-0.05, 0) is 71.4 Å². The predicted molar refractivity (Wildman–Crippen MR) is 151 cm³/mol. The van der Waals surface area contributed by atoms with Crippen molar-refractivity contribution in [3.8, 4) is 0 Å². The minimum atomic E-state index is -4.07. The first-order chi connectivity index (χ1) is 17.8. The highest BCUT2D eigenvalue weighted by molar-refractivity contribution is 7.92. The minimum Gasteiger partial charge on any atom is -0.350 e. The predicted octanol–water partition coefficient (Wildman–Crippen LogP) is 4.83. The van der Waals surface area contributed by atoms with E-state index in [4.69, 9.17) is 0 Å². The van der Waals surface area contributed by atoms with E-state index in [9.17, 15) is 18.0 Å². The third-order valence-electron chi connectivity index (χ3n) is 6.07. The first kappa shape index (κ1) is 28.9. The van der Waals surface area contributed by atoms with Gasteiger partial charge >= 0.3 is 0 Å². The number of amides is 2. The van der Waals surface area contributed by atoms with E-state index >= 15 is 0 Å². The lowest BCUT2D eigenvalue weighted by Gasteiger charge is -2.33. The van der Waals surface area contributed by atoms with Crippen molar-refractivity contribution >= 4 is 27.5 Å². The fraction of sp³-hybridized carbons (Fsp3) is 0.333. The highest BCUT2D eigenvalue weighted by atomic mass is 32.2. The van der Waals surface area contributed by atoms with Crippen LogP contribution in [0.3, 0.4) is 0 Å². The standard InChI is InChI=1S/C30H37N3O4S/c1-22-12-16-25(17-13-22)20-32(24(3)29(35)31-30(4,5)6)28(34)21-33(26-10-8-7-9-11-26)38(36,37)27-18-14-23(2)15-19-27/h7-19,24H,20-21H2,1-6H3,(H,31,35). The summed E-state index contributed by atoms with van der Waals surface area (Å²) in [6, 6.07) is 21.9. The molecule has 0 aliphatic carbocycles. The highest BCUT2D eigenvalue weighted by Crippen LogP contribution is 2.25. The molecule has 38 heavy (non-hydrogen) atoms. The Morgan fingerprint density at radius 3 is 1.89 bits per heavy atom. The molecule has 0 spiro atoms. The summed E-state index contributed by atoms with van der Waals surface area (Å²) in [5.41, 5.74) is 2.71. The first-order valence-electron chi connectivity index (χ1n) is 12.6. The lowest BCUT2D eigenvalue weighted by molar-refractivity contribution is -0.140. The van der Waals surface area contributed by atoms with Crippen molar-refractivity contribution in [2.24, 2.45) is 0 Å². The number of carbonyl (C=O) groups is 2. The molecule has 3 aromatic carbocycles. The molecule has 0 aliphatic rings. The maximum absolute atomic E-state index is 13.9. The third kappa shape index (κ3) is 7.44. The zero-order valence-electron chi connectivity index (χ0n) is 22.9. The number of anilines is 1. The summed E-state index contributed by atoms with van der Waals surface area (Å²) in [5, 5.41) is 2.93. The summed E-state index contributed by atoms with van der Waals surface area (Å²) in [6.45, 7) is 10.8. The molecule has 1 atom stereocenters. The molecule has 1 unspecified atom stereocenters. The second kappa shape index (κ2) is 11.8. The molecule has 0 aromatic heterocycles. The van der Waals surface area contributed by atoms with Crippen LogP contribution in [-0.4, -0.2) is 43.3 Å². The number of hydrogen-bond acceptors (Lipinski definition) is 4. The van der Waals surface area contributed by atoms with Gasteiger partial charge in [-0.1, -0.05) is 65.7 Å². The molecule has 2 amide bonds. The van der Waals surface area contributed by atoms with Crippen LogP contribution < -0.4 is 9.62 Å². The Kier molecular flexibility index (Phi) is 8.99. The number of nitrogens with zero attached hydrogens (tertiary/aromatic N) is 2. The zero-order chi connectivity index (χ0) is 28.1. The van der Waals surface area contributed by atoms with Gasteiger partial charge in [0.2, 0.25) is 11.8 Å². The van der Waals surface area contributed by atoms with Gasteiger partial charge in [-0.15, -0.1) is 0 Å². The van der Waals surface area contributed by atoms with Crippen LogP contribution in [0, 0.1) is 13.8 Å². The smallest absolute Gasteiger partial charge is 0.264 e. The molecular formula is C30H37N3O4S. The Morgan fingerprint density at radius 1 is 0.842 bits per heavy atom. The monoisotopic (exact) mass is 535 g/mol. The van der Waals surface area contributed by atoms with Gasteiger partial charge in [0, 0.05) is 12.1 Å². The van der Waals surface area contributed by atoms with Gasteiger partial charge in [-0.25, -0.2) is 8.42 Å². The topological polar surface area (TPSA) is 86.8 Å². The molecule has 7 nitrogen and oxygen atoms in total. The first-order valence-corrected chi connectivity index (χ1v) is 14.0. The van der Waals surface area contributed by atoms with Crippen molar-refractivity contribution in [1.29, 1.82) is 0 Å². The summed E-state index contributed by atoms with van der Waals surface area (Å²) >= 11 is 0. The molecule has 0 saturated carbocycles. The van der Waals surface area contributed by atoms with Gasteiger partial charge in [0.05, 0.1) is 10.6 Å². The van der Waals surface area contributed by atoms with Gasteiger partial charge < -0.3 is 10.2 Å². The van der Waals surface area contributed by atoms with E-state index < -0.39 is 34.1 Å².